The molecule has 6 heteroatoms. The summed E-state index contributed by atoms with van der Waals surface area (Å²) in [4.78, 5) is 14.1. The summed E-state index contributed by atoms with van der Waals surface area (Å²) in [6, 6.07) is 8.33. The minimum Gasteiger partial charge on any atom is -0.459 e. The van der Waals surface area contributed by atoms with Crippen LogP contribution in [-0.4, -0.2) is 48.5 Å². The number of unbranched alkanes of at least 4 members (excludes halogenated alkanes) is 1. The van der Waals surface area contributed by atoms with Crippen LogP contribution >= 0.6 is 22.6 Å². The second-order valence-electron chi connectivity index (χ2n) is 6.07. The van der Waals surface area contributed by atoms with E-state index in [0.29, 0.717) is 25.2 Å². The molecule has 2 atom stereocenters. The van der Waals surface area contributed by atoms with Gasteiger partial charge in [0.15, 0.2) is 5.76 Å². The van der Waals surface area contributed by atoms with Crippen LogP contribution in [0.3, 0.4) is 0 Å². The van der Waals surface area contributed by atoms with Gasteiger partial charge in [0.2, 0.25) is 6.29 Å². The second-order valence-corrected chi connectivity index (χ2v) is 7.31. The van der Waals surface area contributed by atoms with Crippen LogP contribution in [0, 0.1) is 3.57 Å². The first-order valence-corrected chi connectivity index (χ1v) is 9.41. The standard InChI is InChI=1S/C18H22INO4/c19-15-5-3-13(4-6-15)14-11-16(18(22)20-7-8-20)24-17(12-14)23-10-2-1-9-21/h3-6,11,14,17,21H,1-2,7-10,12H2/t14-,17+/m1/s1. The van der Waals surface area contributed by atoms with Gasteiger partial charge in [-0.15, -0.1) is 0 Å². The van der Waals surface area contributed by atoms with Crippen molar-refractivity contribution in [2.24, 2.45) is 0 Å². The Bertz CT molecular complexity index is 598. The largest absolute Gasteiger partial charge is 0.459 e. The molecule has 1 aromatic rings. The molecule has 1 aromatic carbocycles. The number of ether oxygens (including phenoxy) is 2. The van der Waals surface area contributed by atoms with Gasteiger partial charge in [0, 0.05) is 35.6 Å². The molecule has 0 aromatic heterocycles. The van der Waals surface area contributed by atoms with Crippen LogP contribution in [-0.2, 0) is 14.3 Å². The van der Waals surface area contributed by atoms with Crippen LogP contribution in [0.15, 0.2) is 36.1 Å². The minimum absolute atomic E-state index is 0.0471. The third kappa shape index (κ3) is 4.70. The quantitative estimate of drug-likeness (QED) is 0.400. The lowest BCUT2D eigenvalue weighted by molar-refractivity contribution is -0.149. The van der Waals surface area contributed by atoms with E-state index >= 15 is 0 Å². The molecule has 2 heterocycles. The zero-order valence-electron chi connectivity index (χ0n) is 13.5. The molecule has 1 N–H and O–H groups in total. The number of hydrogen-bond acceptors (Lipinski definition) is 4. The van der Waals surface area contributed by atoms with Gasteiger partial charge in [-0.05, 0) is 59.2 Å². The molecule has 0 saturated carbocycles. The first-order chi connectivity index (χ1) is 11.7. The van der Waals surface area contributed by atoms with E-state index in [1.54, 1.807) is 4.90 Å². The summed E-state index contributed by atoms with van der Waals surface area (Å²) >= 11 is 2.28. The predicted octanol–water partition coefficient (Wildman–Crippen LogP) is 2.64. The van der Waals surface area contributed by atoms with Crippen LogP contribution in [0.25, 0.3) is 0 Å². The maximum atomic E-state index is 12.4. The van der Waals surface area contributed by atoms with E-state index in [2.05, 4.69) is 46.9 Å². The van der Waals surface area contributed by atoms with Gasteiger partial charge in [0.05, 0.1) is 6.61 Å². The molecule has 2 aliphatic heterocycles. The topological polar surface area (TPSA) is 58.8 Å². The fraction of sp³-hybridized carbons (Fsp3) is 0.500. The fourth-order valence-corrected chi connectivity index (χ4v) is 3.05. The molecule has 0 aliphatic carbocycles. The normalized spacial score (nSPS) is 22.8. The summed E-state index contributed by atoms with van der Waals surface area (Å²) in [5.74, 6) is 0.459. The fourth-order valence-electron chi connectivity index (χ4n) is 2.69. The number of aliphatic hydroxyl groups excluding tert-OH is 1. The summed E-state index contributed by atoms with van der Waals surface area (Å²) in [6.07, 6.45) is 3.69. The van der Waals surface area contributed by atoms with Crippen molar-refractivity contribution in [3.63, 3.8) is 0 Å². The third-order valence-electron chi connectivity index (χ3n) is 4.16. The van der Waals surface area contributed by atoms with Crippen molar-refractivity contribution in [1.29, 1.82) is 0 Å². The van der Waals surface area contributed by atoms with Crippen molar-refractivity contribution in [2.45, 2.75) is 31.5 Å². The van der Waals surface area contributed by atoms with E-state index in [0.717, 1.165) is 19.5 Å². The lowest BCUT2D eigenvalue weighted by Crippen LogP contribution is -2.29. The van der Waals surface area contributed by atoms with E-state index in [4.69, 9.17) is 14.6 Å². The van der Waals surface area contributed by atoms with Crippen LogP contribution in [0.2, 0.25) is 0 Å². The summed E-state index contributed by atoms with van der Waals surface area (Å²) in [6.45, 7) is 2.29. The highest BCUT2D eigenvalue weighted by atomic mass is 127. The number of amides is 1. The molecule has 5 nitrogen and oxygen atoms in total. The van der Waals surface area contributed by atoms with Crippen molar-refractivity contribution in [1.82, 2.24) is 4.90 Å². The first kappa shape index (κ1) is 17.7. The number of nitrogens with zero attached hydrogens (tertiary/aromatic N) is 1. The van der Waals surface area contributed by atoms with E-state index < -0.39 is 6.29 Å². The Kier molecular flexibility index (Phi) is 6.13. The molecular weight excluding hydrogens is 421 g/mol. The molecule has 24 heavy (non-hydrogen) atoms. The molecule has 1 saturated heterocycles. The van der Waals surface area contributed by atoms with Crippen LogP contribution in [0.4, 0.5) is 0 Å². The molecule has 130 valence electrons. The molecular formula is C18H22INO4. The van der Waals surface area contributed by atoms with E-state index in [1.165, 1.54) is 9.13 Å². The Balaban J connectivity index is 1.71. The van der Waals surface area contributed by atoms with Gasteiger partial charge in [-0.3, -0.25) is 4.79 Å². The van der Waals surface area contributed by atoms with Crippen molar-refractivity contribution in [3.05, 3.63) is 45.2 Å². The van der Waals surface area contributed by atoms with E-state index in [9.17, 15) is 4.79 Å². The van der Waals surface area contributed by atoms with Crippen LogP contribution < -0.4 is 0 Å². The average Bonchev–Trinajstić information content (AvgIpc) is 3.43. The molecule has 0 spiro atoms. The van der Waals surface area contributed by atoms with Gasteiger partial charge >= 0.3 is 0 Å². The Morgan fingerprint density at radius 2 is 2.04 bits per heavy atom. The Morgan fingerprint density at radius 3 is 2.71 bits per heavy atom. The van der Waals surface area contributed by atoms with Crippen molar-refractivity contribution >= 4 is 28.5 Å². The van der Waals surface area contributed by atoms with Crippen molar-refractivity contribution < 1.29 is 19.4 Å². The van der Waals surface area contributed by atoms with E-state index in [-0.39, 0.29) is 18.4 Å². The number of hydrogen-bond donors (Lipinski definition) is 1. The summed E-state index contributed by atoms with van der Waals surface area (Å²) in [5.41, 5.74) is 1.17. The van der Waals surface area contributed by atoms with Gasteiger partial charge < -0.3 is 19.5 Å². The zero-order valence-corrected chi connectivity index (χ0v) is 15.6. The van der Waals surface area contributed by atoms with Gasteiger partial charge in [0.25, 0.3) is 5.91 Å². The number of aliphatic hydroxyl groups is 1. The summed E-state index contributed by atoms with van der Waals surface area (Å²) < 4.78 is 12.8. The summed E-state index contributed by atoms with van der Waals surface area (Å²) in [7, 11) is 0. The highest BCUT2D eigenvalue weighted by molar-refractivity contribution is 14.1. The molecule has 1 fully saturated rings. The van der Waals surface area contributed by atoms with Crippen LogP contribution in [0.1, 0.15) is 30.7 Å². The lowest BCUT2D eigenvalue weighted by atomic mass is 9.93. The Labute approximate surface area is 155 Å². The lowest BCUT2D eigenvalue weighted by Gasteiger charge is -2.29. The van der Waals surface area contributed by atoms with Crippen molar-refractivity contribution in [2.75, 3.05) is 26.3 Å². The molecule has 0 radical (unpaired) electrons. The SMILES string of the molecule is O=C(C1=C[C@@H](c2ccc(I)cc2)C[C@@H](OCCCCO)O1)N1CC1. The van der Waals surface area contributed by atoms with Gasteiger partial charge in [-0.25, -0.2) is 0 Å². The number of benzene rings is 1. The van der Waals surface area contributed by atoms with Crippen LogP contribution in [0.5, 0.6) is 0 Å². The molecule has 0 bridgehead atoms. The average molecular weight is 443 g/mol. The Morgan fingerprint density at radius 1 is 1.29 bits per heavy atom. The Hall–Kier alpha value is -1.12. The number of allylic oxidation sites excluding steroid dienone is 1. The number of carbonyl (C=O) groups excluding carboxylic acids is 1. The van der Waals surface area contributed by atoms with Gasteiger partial charge in [0.1, 0.15) is 0 Å². The van der Waals surface area contributed by atoms with E-state index in [1.807, 2.05) is 6.08 Å². The zero-order chi connectivity index (χ0) is 16.9. The highest BCUT2D eigenvalue weighted by Gasteiger charge is 2.34. The summed E-state index contributed by atoms with van der Waals surface area (Å²) in [5, 5.41) is 8.85. The highest BCUT2D eigenvalue weighted by Crippen LogP contribution is 2.33. The van der Waals surface area contributed by atoms with Gasteiger partial charge in [-0.2, -0.15) is 0 Å². The predicted molar refractivity (Wildman–Crippen MR) is 98.3 cm³/mol. The smallest absolute Gasteiger partial charge is 0.288 e. The van der Waals surface area contributed by atoms with Gasteiger partial charge in [-0.1, -0.05) is 12.1 Å². The molecule has 3 rings (SSSR count). The van der Waals surface area contributed by atoms with Crippen molar-refractivity contribution in [3.8, 4) is 0 Å². The maximum absolute atomic E-state index is 12.4. The maximum Gasteiger partial charge on any atom is 0.288 e. The second kappa shape index (κ2) is 8.31. The molecule has 2 aliphatic rings. The number of halogens is 1. The molecule has 0 unspecified atom stereocenters. The third-order valence-corrected chi connectivity index (χ3v) is 4.88. The number of carbonyl (C=O) groups is 1. The molecule has 1 amide bonds. The monoisotopic (exact) mass is 443 g/mol. The number of rotatable bonds is 7. The minimum atomic E-state index is -0.420. The first-order valence-electron chi connectivity index (χ1n) is 8.33.